The second kappa shape index (κ2) is 7.05. The van der Waals surface area contributed by atoms with Crippen molar-refractivity contribution in [3.05, 3.63) is 58.3 Å². The predicted octanol–water partition coefficient (Wildman–Crippen LogP) is 4.28. The highest BCUT2D eigenvalue weighted by molar-refractivity contribution is 7.92. The van der Waals surface area contributed by atoms with Gasteiger partial charge in [0.15, 0.2) is 15.6 Å². The van der Waals surface area contributed by atoms with Crippen LogP contribution in [0.2, 0.25) is 0 Å². The van der Waals surface area contributed by atoms with Gasteiger partial charge in [-0.3, -0.25) is 9.79 Å². The Morgan fingerprint density at radius 1 is 1.16 bits per heavy atom. The number of sulfone groups is 1. The summed E-state index contributed by atoms with van der Waals surface area (Å²) in [5.41, 5.74) is 3.77. The van der Waals surface area contributed by atoms with Gasteiger partial charge in [-0.25, -0.2) is 8.42 Å². The molecule has 7 heteroatoms. The fourth-order valence-corrected chi connectivity index (χ4v) is 5.53. The smallest absolute Gasteiger partial charge is 0.195 e. The van der Waals surface area contributed by atoms with Gasteiger partial charge in [-0.2, -0.15) is 0 Å². The molecule has 1 aliphatic rings. The number of aliphatic imine (C=N–C) groups is 1. The first-order valence-electron chi connectivity index (χ1n) is 10.1. The molecule has 0 saturated heterocycles. The van der Waals surface area contributed by atoms with E-state index in [1.165, 1.54) is 13.2 Å². The van der Waals surface area contributed by atoms with Crippen molar-refractivity contribution >= 4 is 32.7 Å². The molecule has 4 rings (SSSR count). The Morgan fingerprint density at radius 2 is 1.87 bits per heavy atom. The van der Waals surface area contributed by atoms with Gasteiger partial charge in [0, 0.05) is 40.8 Å². The molecule has 0 atom stereocenters. The number of aromatic nitrogens is 1. The molecule has 162 valence electrons. The topological polar surface area (TPSA) is 88.6 Å². The van der Waals surface area contributed by atoms with E-state index in [-0.39, 0.29) is 16.4 Å². The summed E-state index contributed by atoms with van der Waals surface area (Å²) in [6, 6.07) is 8.99. The maximum Gasteiger partial charge on any atom is 0.195 e. The third kappa shape index (κ3) is 3.02. The third-order valence-electron chi connectivity index (χ3n) is 6.10. The Kier molecular flexibility index (Phi) is 4.85. The van der Waals surface area contributed by atoms with Crippen LogP contribution in [0.15, 0.2) is 40.2 Å². The van der Waals surface area contributed by atoms with Gasteiger partial charge in [0.25, 0.3) is 0 Å². The van der Waals surface area contributed by atoms with E-state index in [0.717, 1.165) is 27.7 Å². The fraction of sp³-hybridized carbons (Fsp3) is 0.333. The van der Waals surface area contributed by atoms with Crippen LogP contribution in [0.25, 0.3) is 10.9 Å². The monoisotopic (exact) mass is 438 g/mol. The number of carbonyl (C=O) groups excluding carboxylic acids is 1. The summed E-state index contributed by atoms with van der Waals surface area (Å²) in [5.74, 6) is 0.0738. The lowest BCUT2D eigenvalue weighted by Gasteiger charge is -2.33. The lowest BCUT2D eigenvalue weighted by Crippen LogP contribution is -2.31. The number of carbonyl (C=O) groups is 1. The number of fused-ring (bicyclic) bond motifs is 4. The zero-order valence-corrected chi connectivity index (χ0v) is 19.3. The van der Waals surface area contributed by atoms with Crippen molar-refractivity contribution in [1.82, 2.24) is 4.98 Å². The third-order valence-corrected chi connectivity index (χ3v) is 8.28. The maximum absolute atomic E-state index is 13.6. The molecule has 31 heavy (non-hydrogen) atoms. The minimum absolute atomic E-state index is 0.0534. The Balaban J connectivity index is 2.03. The maximum atomic E-state index is 13.6. The molecule has 1 N–H and O–H groups in total. The highest BCUT2D eigenvalue weighted by atomic mass is 32.2. The minimum atomic E-state index is -3.63. The summed E-state index contributed by atoms with van der Waals surface area (Å²) in [6.07, 6.45) is 1.76. The molecular weight excluding hydrogens is 412 g/mol. The highest BCUT2D eigenvalue weighted by Crippen LogP contribution is 2.46. The number of nitrogens with zero attached hydrogens (tertiary/aromatic N) is 1. The summed E-state index contributed by atoms with van der Waals surface area (Å²) in [4.78, 5) is 21.2. The second-order valence-electron chi connectivity index (χ2n) is 8.66. The summed E-state index contributed by atoms with van der Waals surface area (Å²) in [5, 5.41) is 0.185. The number of hydrogen-bond acceptors (Lipinski definition) is 5. The molecule has 2 aromatic carbocycles. The number of H-pyrrole nitrogens is 1. The molecule has 0 aliphatic heterocycles. The van der Waals surface area contributed by atoms with E-state index in [0.29, 0.717) is 11.1 Å². The first-order valence-corrected chi connectivity index (χ1v) is 11.7. The lowest BCUT2D eigenvalue weighted by atomic mass is 9.71. The van der Waals surface area contributed by atoms with Crippen LogP contribution in [-0.2, 0) is 15.3 Å². The molecule has 0 amide bonds. The van der Waals surface area contributed by atoms with Crippen molar-refractivity contribution in [2.45, 2.75) is 43.3 Å². The van der Waals surface area contributed by atoms with Crippen LogP contribution in [0, 0.1) is 0 Å². The van der Waals surface area contributed by atoms with Gasteiger partial charge in [-0.1, -0.05) is 26.0 Å². The molecule has 0 spiro atoms. The number of ether oxygens (including phenoxy) is 1. The Labute approximate surface area is 182 Å². The molecule has 0 unspecified atom stereocenters. The first kappa shape index (κ1) is 21.3. The Hall–Kier alpha value is -2.93. The number of hydrogen-bond donors (Lipinski definition) is 1. The number of aromatic amines is 1. The highest BCUT2D eigenvalue weighted by Gasteiger charge is 2.41. The summed E-state index contributed by atoms with van der Waals surface area (Å²) in [7, 11) is -0.472. The predicted molar refractivity (Wildman–Crippen MR) is 123 cm³/mol. The van der Waals surface area contributed by atoms with Crippen LogP contribution in [0.4, 0.5) is 0 Å². The molecular formula is C24H26N2O4S. The van der Waals surface area contributed by atoms with Crippen LogP contribution in [0.5, 0.6) is 5.75 Å². The molecule has 0 fully saturated rings. The minimum Gasteiger partial charge on any atom is -0.495 e. The fourth-order valence-electron chi connectivity index (χ4n) is 4.32. The van der Waals surface area contributed by atoms with Crippen molar-refractivity contribution in [2.24, 2.45) is 4.99 Å². The van der Waals surface area contributed by atoms with Gasteiger partial charge in [-0.15, -0.1) is 0 Å². The van der Waals surface area contributed by atoms with Crippen LogP contribution >= 0.6 is 0 Å². The van der Waals surface area contributed by atoms with Crippen LogP contribution < -0.4 is 4.74 Å². The Bertz CT molecular complexity index is 1360. The molecule has 0 saturated carbocycles. The van der Waals surface area contributed by atoms with Gasteiger partial charge < -0.3 is 9.72 Å². The number of methoxy groups -OCH3 is 1. The summed E-state index contributed by atoms with van der Waals surface area (Å²) in [6.45, 7) is 7.29. The van der Waals surface area contributed by atoms with Crippen LogP contribution in [0.1, 0.15) is 60.4 Å². The quantitative estimate of drug-likeness (QED) is 0.616. The van der Waals surface area contributed by atoms with Crippen molar-refractivity contribution in [2.75, 3.05) is 14.2 Å². The number of benzene rings is 2. The van der Waals surface area contributed by atoms with Crippen molar-refractivity contribution in [3.63, 3.8) is 0 Å². The standard InChI is InChI=1S/C24H26N2O4S/c1-13(2)31(28,29)20-10-16-17(11-19(20)30-6)24(3,4)23-21(22(16)27)15-8-7-14(12-25-5)9-18(15)26-23/h7-13,26H,1-6H3. The molecule has 6 nitrogen and oxygen atoms in total. The van der Waals surface area contributed by atoms with E-state index < -0.39 is 20.5 Å². The molecule has 3 aromatic rings. The van der Waals surface area contributed by atoms with E-state index in [9.17, 15) is 13.2 Å². The van der Waals surface area contributed by atoms with E-state index >= 15 is 0 Å². The summed E-state index contributed by atoms with van der Waals surface area (Å²) < 4.78 is 31.4. The van der Waals surface area contributed by atoms with Crippen molar-refractivity contribution in [3.8, 4) is 5.75 Å². The zero-order chi connectivity index (χ0) is 22.7. The molecule has 1 aliphatic carbocycles. The zero-order valence-electron chi connectivity index (χ0n) is 18.5. The van der Waals surface area contributed by atoms with E-state index in [1.54, 1.807) is 33.2 Å². The van der Waals surface area contributed by atoms with Gasteiger partial charge in [0.05, 0.1) is 17.9 Å². The average molecular weight is 439 g/mol. The normalized spacial score (nSPS) is 15.5. The number of ketones is 1. The molecule has 1 heterocycles. The van der Waals surface area contributed by atoms with E-state index in [1.807, 2.05) is 32.0 Å². The van der Waals surface area contributed by atoms with Gasteiger partial charge >= 0.3 is 0 Å². The average Bonchev–Trinajstić information content (AvgIpc) is 3.11. The van der Waals surface area contributed by atoms with Crippen LogP contribution in [0.3, 0.4) is 0 Å². The van der Waals surface area contributed by atoms with E-state index in [4.69, 9.17) is 4.74 Å². The largest absolute Gasteiger partial charge is 0.495 e. The number of rotatable bonds is 4. The van der Waals surface area contributed by atoms with Crippen LogP contribution in [-0.4, -0.2) is 44.8 Å². The molecule has 0 bridgehead atoms. The Morgan fingerprint density at radius 3 is 2.48 bits per heavy atom. The number of nitrogens with one attached hydrogen (secondary N) is 1. The molecule has 0 radical (unpaired) electrons. The van der Waals surface area contributed by atoms with Gasteiger partial charge in [0.2, 0.25) is 0 Å². The molecule has 1 aromatic heterocycles. The van der Waals surface area contributed by atoms with Gasteiger partial charge in [-0.05, 0) is 43.2 Å². The SMILES string of the molecule is CN=Cc1ccc2c3c([nH]c2c1)C(C)(C)c1cc(OC)c(S(=O)(=O)C(C)C)cc1C3=O. The first-order chi connectivity index (χ1) is 14.5. The summed E-state index contributed by atoms with van der Waals surface area (Å²) >= 11 is 0. The van der Waals surface area contributed by atoms with E-state index in [2.05, 4.69) is 9.98 Å². The lowest BCUT2D eigenvalue weighted by molar-refractivity contribution is 0.103. The van der Waals surface area contributed by atoms with Crippen molar-refractivity contribution in [1.29, 1.82) is 0 Å². The van der Waals surface area contributed by atoms with Crippen molar-refractivity contribution < 1.29 is 17.9 Å². The second-order valence-corrected chi connectivity index (χ2v) is 11.1. The van der Waals surface area contributed by atoms with Gasteiger partial charge in [0.1, 0.15) is 10.6 Å².